The molecule has 1 spiro atoms. The number of ether oxygens (including phenoxy) is 1. The first-order valence-corrected chi connectivity index (χ1v) is 13.7. The molecule has 2 unspecified atom stereocenters. The maximum absolute atomic E-state index is 14.1. The van der Waals surface area contributed by atoms with Crippen molar-refractivity contribution in [3.8, 4) is 0 Å². The molecular weight excluding hydrogens is 557 g/mol. The Balaban J connectivity index is 1.27. The molecule has 42 heavy (non-hydrogen) atoms. The van der Waals surface area contributed by atoms with Crippen molar-refractivity contribution in [3.63, 3.8) is 0 Å². The first-order chi connectivity index (χ1) is 19.9. The number of benzene rings is 3. The van der Waals surface area contributed by atoms with E-state index in [9.17, 15) is 31.5 Å². The second kappa shape index (κ2) is 11.7. The van der Waals surface area contributed by atoms with Crippen LogP contribution >= 0.6 is 0 Å². The SMILES string of the molecule is CC(CC(C(=O)NCc1ccc(C(F)(F)F)cc1)c1ccc(F)cc1)N1CCC2(CC1)OC(=O)Nc1ccc(F)cc12. The molecular formula is C31H30F5N3O3. The van der Waals surface area contributed by atoms with Crippen LogP contribution in [0, 0.1) is 11.6 Å². The van der Waals surface area contributed by atoms with Crippen molar-refractivity contribution < 1.29 is 36.3 Å². The molecule has 0 saturated carbocycles. The molecule has 222 valence electrons. The molecule has 2 amide bonds. The maximum Gasteiger partial charge on any atom is 0.416 e. The highest BCUT2D eigenvalue weighted by atomic mass is 19.4. The Morgan fingerprint density at radius 3 is 2.29 bits per heavy atom. The fourth-order valence-corrected chi connectivity index (χ4v) is 5.77. The Hall–Kier alpha value is -3.99. The van der Waals surface area contributed by atoms with Crippen molar-refractivity contribution in [2.24, 2.45) is 0 Å². The van der Waals surface area contributed by atoms with E-state index in [1.807, 2.05) is 6.92 Å². The lowest BCUT2D eigenvalue weighted by Gasteiger charge is -2.46. The molecule has 3 aromatic rings. The first kappa shape index (κ1) is 29.5. The zero-order valence-corrected chi connectivity index (χ0v) is 22.8. The van der Waals surface area contributed by atoms with Crippen molar-refractivity contribution in [3.05, 3.63) is 101 Å². The van der Waals surface area contributed by atoms with Crippen molar-refractivity contribution >= 4 is 17.7 Å². The molecule has 2 aliphatic heterocycles. The summed E-state index contributed by atoms with van der Waals surface area (Å²) < 4.78 is 72.2. The van der Waals surface area contributed by atoms with Crippen molar-refractivity contribution in [1.29, 1.82) is 0 Å². The molecule has 1 saturated heterocycles. The summed E-state index contributed by atoms with van der Waals surface area (Å²) in [4.78, 5) is 27.8. The average Bonchev–Trinajstić information content (AvgIpc) is 2.95. The number of likely N-dealkylation sites (tertiary alicyclic amines) is 1. The Morgan fingerprint density at radius 1 is 1.00 bits per heavy atom. The molecule has 5 rings (SSSR count). The smallest absolute Gasteiger partial charge is 0.416 e. The van der Waals surface area contributed by atoms with Gasteiger partial charge in [0.15, 0.2) is 0 Å². The third-order valence-electron chi connectivity index (χ3n) is 8.14. The number of piperidine rings is 1. The molecule has 2 aliphatic rings. The number of hydrogen-bond acceptors (Lipinski definition) is 4. The van der Waals surface area contributed by atoms with E-state index in [2.05, 4.69) is 15.5 Å². The van der Waals surface area contributed by atoms with Gasteiger partial charge >= 0.3 is 12.3 Å². The van der Waals surface area contributed by atoms with Crippen LogP contribution < -0.4 is 10.6 Å². The highest BCUT2D eigenvalue weighted by Crippen LogP contribution is 2.44. The molecule has 2 atom stereocenters. The van der Waals surface area contributed by atoms with E-state index in [0.717, 1.165) is 12.1 Å². The van der Waals surface area contributed by atoms with Gasteiger partial charge in [0, 0.05) is 44.1 Å². The number of hydrogen-bond donors (Lipinski definition) is 2. The van der Waals surface area contributed by atoms with Gasteiger partial charge in [-0.2, -0.15) is 13.2 Å². The van der Waals surface area contributed by atoms with Gasteiger partial charge in [0.1, 0.15) is 17.2 Å². The van der Waals surface area contributed by atoms with Crippen LogP contribution in [0.5, 0.6) is 0 Å². The van der Waals surface area contributed by atoms with Gasteiger partial charge in [-0.15, -0.1) is 0 Å². The average molecular weight is 588 g/mol. The monoisotopic (exact) mass is 587 g/mol. The fraction of sp³-hybridized carbons (Fsp3) is 0.355. The minimum absolute atomic E-state index is 0.0324. The number of carbonyl (C=O) groups is 2. The number of rotatable bonds is 7. The summed E-state index contributed by atoms with van der Waals surface area (Å²) in [5.41, 5.74) is 0.518. The zero-order chi connectivity index (χ0) is 30.1. The van der Waals surface area contributed by atoms with Gasteiger partial charge < -0.3 is 15.0 Å². The number of halogens is 5. The second-order valence-electron chi connectivity index (χ2n) is 10.8. The van der Waals surface area contributed by atoms with Gasteiger partial charge in [-0.25, -0.2) is 13.6 Å². The predicted molar refractivity (Wildman–Crippen MR) is 145 cm³/mol. The number of anilines is 1. The number of nitrogens with zero attached hydrogens (tertiary/aromatic N) is 1. The van der Waals surface area contributed by atoms with E-state index >= 15 is 0 Å². The van der Waals surface area contributed by atoms with Crippen molar-refractivity contribution in [2.45, 2.75) is 56.5 Å². The topological polar surface area (TPSA) is 70.7 Å². The lowest BCUT2D eigenvalue weighted by molar-refractivity contribution is -0.137. The summed E-state index contributed by atoms with van der Waals surface area (Å²) in [6, 6.07) is 14.3. The number of carbonyl (C=O) groups excluding carboxylic acids is 2. The van der Waals surface area contributed by atoms with Crippen molar-refractivity contribution in [2.75, 3.05) is 18.4 Å². The van der Waals surface area contributed by atoms with Gasteiger partial charge in [0.2, 0.25) is 5.91 Å². The highest BCUT2D eigenvalue weighted by Gasteiger charge is 2.45. The number of nitrogens with one attached hydrogen (secondary N) is 2. The molecule has 11 heteroatoms. The molecule has 2 N–H and O–H groups in total. The van der Waals surface area contributed by atoms with Gasteiger partial charge in [-0.05, 0) is 66.9 Å². The van der Waals surface area contributed by atoms with E-state index in [-0.39, 0.29) is 18.5 Å². The second-order valence-corrected chi connectivity index (χ2v) is 10.8. The molecule has 0 bridgehead atoms. The summed E-state index contributed by atoms with van der Waals surface area (Å²) in [7, 11) is 0. The largest absolute Gasteiger partial charge is 0.438 e. The molecule has 0 radical (unpaired) electrons. The first-order valence-electron chi connectivity index (χ1n) is 13.7. The van der Waals surface area contributed by atoms with Crippen molar-refractivity contribution in [1.82, 2.24) is 10.2 Å². The van der Waals surface area contributed by atoms with Crippen LogP contribution in [0.4, 0.5) is 32.4 Å². The predicted octanol–water partition coefficient (Wildman–Crippen LogP) is 6.72. The number of alkyl halides is 3. The quantitative estimate of drug-likeness (QED) is 0.302. The minimum atomic E-state index is -4.45. The van der Waals surface area contributed by atoms with Crippen LogP contribution in [-0.2, 0) is 27.9 Å². The third-order valence-corrected chi connectivity index (χ3v) is 8.14. The van der Waals surface area contributed by atoms with E-state index < -0.39 is 41.0 Å². The number of fused-ring (bicyclic) bond motifs is 2. The van der Waals surface area contributed by atoms with Gasteiger partial charge in [0.25, 0.3) is 0 Å². The van der Waals surface area contributed by atoms with Crippen LogP contribution in [0.2, 0.25) is 0 Å². The molecule has 6 nitrogen and oxygen atoms in total. The van der Waals surface area contributed by atoms with Crippen LogP contribution in [0.15, 0.2) is 66.7 Å². The summed E-state index contributed by atoms with van der Waals surface area (Å²) in [6.45, 7) is 3.05. The molecule has 3 aromatic carbocycles. The maximum atomic E-state index is 14.1. The lowest BCUT2D eigenvalue weighted by Crippen LogP contribution is -2.50. The Morgan fingerprint density at radius 2 is 1.64 bits per heavy atom. The Kier molecular flexibility index (Phi) is 8.23. The van der Waals surface area contributed by atoms with Crippen LogP contribution in [0.25, 0.3) is 0 Å². The summed E-state index contributed by atoms with van der Waals surface area (Å²) in [5.74, 6) is -1.85. The minimum Gasteiger partial charge on any atom is -0.438 e. The van der Waals surface area contributed by atoms with E-state index in [0.29, 0.717) is 54.7 Å². The van der Waals surface area contributed by atoms with Gasteiger partial charge in [-0.1, -0.05) is 24.3 Å². The summed E-state index contributed by atoms with van der Waals surface area (Å²) in [6.07, 6.45) is -3.79. The number of amides is 2. The van der Waals surface area contributed by atoms with E-state index in [4.69, 9.17) is 4.74 Å². The van der Waals surface area contributed by atoms with Crippen LogP contribution in [0.3, 0.4) is 0 Å². The Bertz CT molecular complexity index is 1440. The van der Waals surface area contributed by atoms with E-state index in [1.165, 1.54) is 42.5 Å². The lowest BCUT2D eigenvalue weighted by atomic mass is 9.81. The van der Waals surface area contributed by atoms with Gasteiger partial charge in [-0.3, -0.25) is 10.1 Å². The van der Waals surface area contributed by atoms with Gasteiger partial charge in [0.05, 0.1) is 17.2 Å². The Labute approximate surface area is 239 Å². The molecule has 0 aliphatic carbocycles. The standard InChI is InChI=1S/C31H30F5N3O3/c1-19(39-14-12-30(13-15-39)26-17-24(33)10-11-27(26)38-29(41)42-30)16-25(21-4-8-23(32)9-5-21)28(40)37-18-20-2-6-22(7-3-20)31(34,35)36/h2-11,17,19,25H,12-16,18H2,1H3,(H,37,40)(H,38,41). The molecule has 0 aromatic heterocycles. The summed E-state index contributed by atoms with van der Waals surface area (Å²) in [5, 5.41) is 5.44. The third kappa shape index (κ3) is 6.41. The highest BCUT2D eigenvalue weighted by molar-refractivity contribution is 5.89. The normalized spacial score (nSPS) is 18.0. The summed E-state index contributed by atoms with van der Waals surface area (Å²) >= 11 is 0. The van der Waals surface area contributed by atoms with Crippen LogP contribution in [-0.4, -0.2) is 36.0 Å². The molecule has 1 fully saturated rings. The zero-order valence-electron chi connectivity index (χ0n) is 22.8. The fourth-order valence-electron chi connectivity index (χ4n) is 5.77. The molecule has 2 heterocycles. The van der Waals surface area contributed by atoms with Crippen LogP contribution in [0.1, 0.15) is 54.4 Å². The van der Waals surface area contributed by atoms with E-state index in [1.54, 1.807) is 12.1 Å².